The minimum Gasteiger partial charge on any atom is -0.370 e. The first kappa shape index (κ1) is 20.7. The molecule has 0 bridgehead atoms. The molecule has 8 nitrogen and oxygen atoms in total. The van der Waals surface area contributed by atoms with E-state index in [0.29, 0.717) is 18.8 Å². The molecule has 1 fully saturated rings. The van der Waals surface area contributed by atoms with Gasteiger partial charge in [0.2, 0.25) is 11.8 Å². The van der Waals surface area contributed by atoms with Crippen molar-refractivity contribution in [3.8, 4) is 0 Å². The number of hydrogen-bond donors (Lipinski definition) is 3. The summed E-state index contributed by atoms with van der Waals surface area (Å²) in [7, 11) is 0. The molecule has 1 atom stereocenters. The first-order valence-corrected chi connectivity index (χ1v) is 9.52. The molecule has 1 aromatic rings. The van der Waals surface area contributed by atoms with Crippen LogP contribution in [0.2, 0.25) is 0 Å². The van der Waals surface area contributed by atoms with Crippen molar-refractivity contribution in [3.05, 3.63) is 23.9 Å². The lowest BCUT2D eigenvalue weighted by atomic mass is 9.95. The number of piperidine rings is 1. The summed E-state index contributed by atoms with van der Waals surface area (Å²) >= 11 is 0. The van der Waals surface area contributed by atoms with Gasteiger partial charge in [0.15, 0.2) is 5.96 Å². The number of carbonyl (C=O) groups excluding carboxylic acids is 2. The average Bonchev–Trinajstić information content (AvgIpc) is 2.62. The van der Waals surface area contributed by atoms with E-state index in [1.165, 1.54) is 0 Å². The van der Waals surface area contributed by atoms with E-state index in [9.17, 15) is 9.59 Å². The normalized spacial score (nSPS) is 17.5. The topological polar surface area (TPSA) is 113 Å². The van der Waals surface area contributed by atoms with E-state index in [1.807, 2.05) is 19.9 Å². The molecular formula is C19H30N6O2. The van der Waals surface area contributed by atoms with Gasteiger partial charge in [-0.25, -0.2) is 4.98 Å². The van der Waals surface area contributed by atoms with Crippen LogP contribution >= 0.6 is 0 Å². The molecule has 2 amide bonds. The van der Waals surface area contributed by atoms with Gasteiger partial charge in [-0.3, -0.25) is 14.6 Å². The molecule has 1 aliphatic rings. The maximum absolute atomic E-state index is 12.1. The molecule has 4 N–H and O–H groups in total. The second-order valence-corrected chi connectivity index (χ2v) is 6.88. The lowest BCUT2D eigenvalue weighted by Crippen LogP contribution is -2.47. The molecule has 27 heavy (non-hydrogen) atoms. The fourth-order valence-electron chi connectivity index (χ4n) is 3.14. The number of aryl methyl sites for hydroxylation is 1. The fourth-order valence-corrected chi connectivity index (χ4v) is 3.14. The average molecular weight is 374 g/mol. The molecule has 148 valence electrons. The van der Waals surface area contributed by atoms with Crippen molar-refractivity contribution in [1.29, 1.82) is 0 Å². The van der Waals surface area contributed by atoms with Crippen LogP contribution in [-0.4, -0.2) is 53.8 Å². The lowest BCUT2D eigenvalue weighted by molar-refractivity contribution is -0.119. The third-order valence-electron chi connectivity index (χ3n) is 4.42. The highest BCUT2D eigenvalue weighted by molar-refractivity contribution is 5.90. The molecule has 1 aliphatic heterocycles. The second kappa shape index (κ2) is 10.5. The van der Waals surface area contributed by atoms with Gasteiger partial charge >= 0.3 is 0 Å². The first-order valence-electron chi connectivity index (χ1n) is 9.52. The number of nitrogens with zero attached hydrogens (tertiary/aromatic N) is 3. The SMILES string of the molecule is CCNC(=NCCC(=O)Nc1ccc(C)cn1)N1CCCC(CC(N)=O)C1. The third kappa shape index (κ3) is 7.24. The molecular weight excluding hydrogens is 344 g/mol. The van der Waals surface area contributed by atoms with Gasteiger partial charge in [-0.1, -0.05) is 6.07 Å². The minimum absolute atomic E-state index is 0.115. The molecule has 8 heteroatoms. The first-order chi connectivity index (χ1) is 13.0. The Kier molecular flexibility index (Phi) is 8.03. The summed E-state index contributed by atoms with van der Waals surface area (Å²) in [4.78, 5) is 34.2. The smallest absolute Gasteiger partial charge is 0.227 e. The molecule has 0 aliphatic carbocycles. The molecule has 0 spiro atoms. The van der Waals surface area contributed by atoms with Crippen molar-refractivity contribution in [1.82, 2.24) is 15.2 Å². The van der Waals surface area contributed by atoms with Crippen molar-refractivity contribution < 1.29 is 9.59 Å². The summed E-state index contributed by atoms with van der Waals surface area (Å²) in [5, 5.41) is 6.05. The largest absolute Gasteiger partial charge is 0.370 e. The van der Waals surface area contributed by atoms with Crippen LogP contribution in [0.25, 0.3) is 0 Å². The van der Waals surface area contributed by atoms with Crippen LogP contribution in [0, 0.1) is 12.8 Å². The molecule has 1 unspecified atom stereocenters. The Labute approximate surface area is 160 Å². The molecule has 0 saturated carbocycles. The van der Waals surface area contributed by atoms with Gasteiger partial charge < -0.3 is 21.3 Å². The number of aliphatic imine (C=N–C) groups is 1. The Morgan fingerprint density at radius 3 is 2.89 bits per heavy atom. The summed E-state index contributed by atoms with van der Waals surface area (Å²) in [5.41, 5.74) is 6.38. The number of carbonyl (C=O) groups is 2. The number of pyridine rings is 1. The monoisotopic (exact) mass is 374 g/mol. The summed E-state index contributed by atoms with van der Waals surface area (Å²) < 4.78 is 0. The van der Waals surface area contributed by atoms with Crippen molar-refractivity contribution in [2.75, 3.05) is 31.5 Å². The molecule has 0 aromatic carbocycles. The number of guanidine groups is 1. The molecule has 0 radical (unpaired) electrons. The Morgan fingerprint density at radius 2 is 2.22 bits per heavy atom. The second-order valence-electron chi connectivity index (χ2n) is 6.88. The molecule has 2 heterocycles. The van der Waals surface area contributed by atoms with Crippen LogP contribution in [0.4, 0.5) is 5.82 Å². The predicted molar refractivity (Wildman–Crippen MR) is 106 cm³/mol. The molecule has 1 saturated heterocycles. The van der Waals surface area contributed by atoms with Crippen molar-refractivity contribution in [2.45, 2.75) is 39.5 Å². The molecule has 2 rings (SSSR count). The van der Waals surface area contributed by atoms with Crippen LogP contribution in [-0.2, 0) is 9.59 Å². The van der Waals surface area contributed by atoms with Gasteiger partial charge in [0.1, 0.15) is 5.82 Å². The van der Waals surface area contributed by atoms with Gasteiger partial charge in [-0.2, -0.15) is 0 Å². The van der Waals surface area contributed by atoms with Gasteiger partial charge in [-0.15, -0.1) is 0 Å². The van der Waals surface area contributed by atoms with Gasteiger partial charge in [-0.05, 0) is 44.2 Å². The van der Waals surface area contributed by atoms with E-state index in [4.69, 9.17) is 5.73 Å². The Bertz CT molecular complexity index is 659. The Balaban J connectivity index is 1.87. The van der Waals surface area contributed by atoms with Crippen molar-refractivity contribution in [2.24, 2.45) is 16.6 Å². The predicted octanol–water partition coefficient (Wildman–Crippen LogP) is 1.27. The van der Waals surface area contributed by atoms with E-state index in [0.717, 1.165) is 44.0 Å². The number of hydrogen-bond acceptors (Lipinski definition) is 4. The third-order valence-corrected chi connectivity index (χ3v) is 4.42. The number of likely N-dealkylation sites (tertiary alicyclic amines) is 1. The summed E-state index contributed by atoms with van der Waals surface area (Å²) in [5.74, 6) is 1.22. The van der Waals surface area contributed by atoms with Crippen LogP contribution in [0.5, 0.6) is 0 Å². The van der Waals surface area contributed by atoms with Crippen molar-refractivity contribution >= 4 is 23.6 Å². The zero-order valence-electron chi connectivity index (χ0n) is 16.2. The summed E-state index contributed by atoms with van der Waals surface area (Å²) in [6.07, 6.45) is 4.41. The van der Waals surface area contributed by atoms with Crippen LogP contribution < -0.4 is 16.4 Å². The zero-order valence-corrected chi connectivity index (χ0v) is 16.2. The number of amides is 2. The highest BCUT2D eigenvalue weighted by Crippen LogP contribution is 2.19. The number of anilines is 1. The lowest BCUT2D eigenvalue weighted by Gasteiger charge is -2.34. The maximum atomic E-state index is 12.1. The number of aromatic nitrogens is 1. The zero-order chi connectivity index (χ0) is 19.6. The summed E-state index contributed by atoms with van der Waals surface area (Å²) in [6.45, 7) is 6.74. The summed E-state index contributed by atoms with van der Waals surface area (Å²) in [6, 6.07) is 3.69. The van der Waals surface area contributed by atoms with Crippen LogP contribution in [0.15, 0.2) is 23.3 Å². The van der Waals surface area contributed by atoms with E-state index >= 15 is 0 Å². The maximum Gasteiger partial charge on any atom is 0.227 e. The number of nitrogens with one attached hydrogen (secondary N) is 2. The standard InChI is InChI=1S/C19H30N6O2/c1-3-21-19(25-10-4-5-15(13-25)11-16(20)26)22-9-8-18(27)24-17-7-6-14(2)12-23-17/h6-7,12,15H,3-5,8-11,13H2,1-2H3,(H2,20,26)(H,21,22)(H,23,24,27). The number of primary amides is 1. The van der Waals surface area contributed by atoms with Gasteiger partial charge in [0, 0.05) is 38.7 Å². The fraction of sp³-hybridized carbons (Fsp3) is 0.579. The van der Waals surface area contributed by atoms with Crippen LogP contribution in [0.1, 0.15) is 38.2 Å². The van der Waals surface area contributed by atoms with Crippen LogP contribution in [0.3, 0.4) is 0 Å². The highest BCUT2D eigenvalue weighted by Gasteiger charge is 2.23. The minimum atomic E-state index is -0.259. The highest BCUT2D eigenvalue weighted by atomic mass is 16.2. The van der Waals surface area contributed by atoms with E-state index in [1.54, 1.807) is 12.3 Å². The van der Waals surface area contributed by atoms with E-state index < -0.39 is 0 Å². The van der Waals surface area contributed by atoms with Gasteiger partial charge in [0.25, 0.3) is 0 Å². The van der Waals surface area contributed by atoms with E-state index in [-0.39, 0.29) is 24.2 Å². The van der Waals surface area contributed by atoms with Gasteiger partial charge in [0.05, 0.1) is 6.54 Å². The number of nitrogens with two attached hydrogens (primary N) is 1. The van der Waals surface area contributed by atoms with E-state index in [2.05, 4.69) is 25.5 Å². The number of rotatable bonds is 7. The van der Waals surface area contributed by atoms with Crippen molar-refractivity contribution in [3.63, 3.8) is 0 Å². The Morgan fingerprint density at radius 1 is 1.41 bits per heavy atom. The Hall–Kier alpha value is -2.64. The quantitative estimate of drug-likeness (QED) is 0.491. The molecule has 1 aromatic heterocycles.